The van der Waals surface area contributed by atoms with Crippen molar-refractivity contribution in [2.24, 2.45) is 5.92 Å². The summed E-state index contributed by atoms with van der Waals surface area (Å²) in [4.78, 5) is 40.2. The van der Waals surface area contributed by atoms with Gasteiger partial charge in [0.25, 0.3) is 0 Å². The van der Waals surface area contributed by atoms with Gasteiger partial charge in [-0.15, -0.1) is 0 Å². The predicted octanol–water partition coefficient (Wildman–Crippen LogP) is 3.65. The number of hydrogen-bond donors (Lipinski definition) is 4. The van der Waals surface area contributed by atoms with Crippen LogP contribution in [-0.4, -0.2) is 71.8 Å². The molecule has 3 rings (SSSR count). The lowest BCUT2D eigenvalue weighted by atomic mass is 9.79. The molecular formula is C27H42N4O7. The van der Waals surface area contributed by atoms with E-state index in [2.05, 4.69) is 28.1 Å². The van der Waals surface area contributed by atoms with Crippen molar-refractivity contribution in [1.29, 1.82) is 0 Å². The van der Waals surface area contributed by atoms with Crippen molar-refractivity contribution in [2.45, 2.75) is 96.5 Å². The predicted molar refractivity (Wildman–Crippen MR) is 141 cm³/mol. The van der Waals surface area contributed by atoms with Gasteiger partial charge in [0.2, 0.25) is 0 Å². The van der Waals surface area contributed by atoms with Crippen molar-refractivity contribution in [2.75, 3.05) is 25.0 Å². The number of hydrogen-bond acceptors (Lipinski definition) is 8. The summed E-state index contributed by atoms with van der Waals surface area (Å²) in [5, 5.41) is 17.7. The average Bonchev–Trinajstić information content (AvgIpc) is 2.81. The molecule has 1 aromatic rings. The molecule has 0 spiro atoms. The molecule has 1 saturated carbocycles. The molecule has 1 aliphatic heterocycles. The highest BCUT2D eigenvalue weighted by Crippen LogP contribution is 2.34. The molecule has 11 nitrogen and oxygen atoms in total. The monoisotopic (exact) mass is 534 g/mol. The number of fused-ring (bicyclic) bond motifs is 1. The Morgan fingerprint density at radius 1 is 1.21 bits per heavy atom. The van der Waals surface area contributed by atoms with Crippen LogP contribution in [0.1, 0.15) is 71.1 Å². The van der Waals surface area contributed by atoms with Gasteiger partial charge in [-0.3, -0.25) is 0 Å². The fraction of sp³-hybridized carbons (Fsp3) is 0.704. The van der Waals surface area contributed by atoms with Gasteiger partial charge in [0, 0.05) is 25.3 Å². The van der Waals surface area contributed by atoms with Crippen LogP contribution in [0.5, 0.6) is 0 Å². The molecule has 2 heterocycles. The molecule has 212 valence electrons. The lowest BCUT2D eigenvalue weighted by molar-refractivity contribution is -0.140. The normalized spacial score (nSPS) is 20.1. The van der Waals surface area contributed by atoms with Gasteiger partial charge in [0.15, 0.2) is 0 Å². The van der Waals surface area contributed by atoms with Gasteiger partial charge in [-0.05, 0) is 83.8 Å². The number of alkyl carbamates (subject to hydrolysis) is 2. The van der Waals surface area contributed by atoms with Crippen LogP contribution in [0.2, 0.25) is 0 Å². The number of amides is 2. The number of carbonyl (C=O) groups is 3. The number of nitrogens with one attached hydrogen (secondary N) is 3. The van der Waals surface area contributed by atoms with Gasteiger partial charge in [-0.25, -0.2) is 19.4 Å². The average molecular weight is 535 g/mol. The molecule has 0 bridgehead atoms. The molecule has 1 fully saturated rings. The van der Waals surface area contributed by atoms with Gasteiger partial charge >= 0.3 is 18.2 Å². The van der Waals surface area contributed by atoms with Gasteiger partial charge in [-0.2, -0.15) is 0 Å². The summed E-state index contributed by atoms with van der Waals surface area (Å²) < 4.78 is 16.1. The first-order valence-electron chi connectivity index (χ1n) is 13.5. The van der Waals surface area contributed by atoms with E-state index in [-0.39, 0.29) is 25.7 Å². The van der Waals surface area contributed by atoms with Crippen LogP contribution in [-0.2, 0) is 31.8 Å². The molecule has 38 heavy (non-hydrogen) atoms. The molecule has 4 N–H and O–H groups in total. The van der Waals surface area contributed by atoms with Crippen LogP contribution in [0.25, 0.3) is 0 Å². The molecule has 0 unspecified atom stereocenters. The summed E-state index contributed by atoms with van der Waals surface area (Å²) in [5.41, 5.74) is 1.77. The number of carboxylic acids is 1. The minimum atomic E-state index is -1.16. The lowest BCUT2D eigenvalue weighted by Crippen LogP contribution is -2.44. The number of ether oxygens (including phenoxy) is 3. The van der Waals surface area contributed by atoms with Gasteiger partial charge in [-0.1, -0.05) is 6.07 Å². The lowest BCUT2D eigenvalue weighted by Gasteiger charge is -2.35. The standard InChI is InChI=1S/C27H42N4O7/c1-17(16-29-25(34)38-27(2,3)4)37-26(35)31-22(24(32)33)11-13-36-21-14-18(15-21)7-9-20-10-8-19-6-5-12-28-23(19)30-20/h8,10,17-18,21-22H,5-7,9,11-16H2,1-4H3,(H,28,30)(H,29,34)(H,31,35)(H,32,33)/t17-,18?,21?,22+/m1/s1. The molecule has 0 aromatic carbocycles. The SMILES string of the molecule is C[C@H](CNC(=O)OC(C)(C)C)OC(=O)N[C@@H](CCOC1CC(CCc2ccc3c(n2)NCCC3)C1)C(=O)O. The van der Waals surface area contributed by atoms with E-state index in [0.29, 0.717) is 5.92 Å². The minimum Gasteiger partial charge on any atom is -0.480 e. The number of carbonyl (C=O) groups excluding carboxylic acids is 2. The van der Waals surface area contributed by atoms with Crippen LogP contribution >= 0.6 is 0 Å². The fourth-order valence-corrected chi connectivity index (χ4v) is 4.46. The van der Waals surface area contributed by atoms with Gasteiger partial charge < -0.3 is 35.3 Å². The molecule has 2 aliphatic rings. The van der Waals surface area contributed by atoms with E-state index < -0.39 is 35.9 Å². The highest BCUT2D eigenvalue weighted by Gasteiger charge is 2.30. The number of rotatable bonds is 12. The van der Waals surface area contributed by atoms with E-state index in [1.165, 1.54) is 5.56 Å². The summed E-state index contributed by atoms with van der Waals surface area (Å²) in [6, 6.07) is 3.18. The van der Waals surface area contributed by atoms with Gasteiger partial charge in [0.1, 0.15) is 23.6 Å². The van der Waals surface area contributed by atoms with Crippen LogP contribution in [0.3, 0.4) is 0 Å². The first kappa shape index (κ1) is 29.5. The third-order valence-electron chi connectivity index (χ3n) is 6.54. The van der Waals surface area contributed by atoms with Crippen molar-refractivity contribution in [1.82, 2.24) is 15.6 Å². The zero-order chi connectivity index (χ0) is 27.7. The Kier molecular flexibility index (Phi) is 10.6. The largest absolute Gasteiger partial charge is 0.480 e. The van der Waals surface area contributed by atoms with E-state index in [0.717, 1.165) is 56.6 Å². The van der Waals surface area contributed by atoms with Crippen LogP contribution < -0.4 is 16.0 Å². The molecule has 0 radical (unpaired) electrons. The Balaban J connectivity index is 1.28. The van der Waals surface area contributed by atoms with Gasteiger partial charge in [0.05, 0.1) is 12.6 Å². The van der Waals surface area contributed by atoms with Crippen molar-refractivity contribution in [3.63, 3.8) is 0 Å². The highest BCUT2D eigenvalue weighted by molar-refractivity contribution is 5.79. The summed E-state index contributed by atoms with van der Waals surface area (Å²) in [6.45, 7) is 8.05. The van der Waals surface area contributed by atoms with Crippen LogP contribution in [0.4, 0.5) is 15.4 Å². The Labute approximate surface area is 224 Å². The number of anilines is 1. The zero-order valence-electron chi connectivity index (χ0n) is 22.9. The first-order valence-corrected chi connectivity index (χ1v) is 13.5. The van der Waals surface area contributed by atoms with E-state index >= 15 is 0 Å². The Morgan fingerprint density at radius 2 is 1.97 bits per heavy atom. The topological polar surface area (TPSA) is 148 Å². The van der Waals surface area contributed by atoms with E-state index in [4.69, 9.17) is 19.2 Å². The van der Waals surface area contributed by atoms with E-state index in [1.54, 1.807) is 27.7 Å². The molecule has 2 atom stereocenters. The Bertz CT molecular complexity index is 959. The fourth-order valence-electron chi connectivity index (χ4n) is 4.46. The Hall–Kier alpha value is -3.08. The number of nitrogens with zero attached hydrogens (tertiary/aromatic N) is 1. The maximum Gasteiger partial charge on any atom is 0.408 e. The van der Waals surface area contributed by atoms with Crippen molar-refractivity contribution in [3.8, 4) is 0 Å². The Morgan fingerprint density at radius 3 is 2.68 bits per heavy atom. The maximum absolute atomic E-state index is 12.1. The smallest absolute Gasteiger partial charge is 0.408 e. The van der Waals surface area contributed by atoms with Crippen LogP contribution in [0.15, 0.2) is 12.1 Å². The first-order chi connectivity index (χ1) is 18.0. The van der Waals surface area contributed by atoms with E-state index in [9.17, 15) is 19.5 Å². The number of aromatic nitrogens is 1. The second-order valence-electron chi connectivity index (χ2n) is 11.1. The molecule has 1 aromatic heterocycles. The third kappa shape index (κ3) is 10.00. The van der Waals surface area contributed by atoms with Crippen LogP contribution in [0, 0.1) is 5.92 Å². The number of aliphatic carboxylic acids is 1. The number of carboxylic acid groups (broad SMARTS) is 1. The summed E-state index contributed by atoms with van der Waals surface area (Å²) in [5.74, 6) is 0.439. The molecule has 2 amide bonds. The third-order valence-corrected chi connectivity index (χ3v) is 6.54. The summed E-state index contributed by atoms with van der Waals surface area (Å²) >= 11 is 0. The second kappa shape index (κ2) is 13.6. The highest BCUT2D eigenvalue weighted by atomic mass is 16.6. The zero-order valence-corrected chi connectivity index (χ0v) is 22.9. The summed E-state index contributed by atoms with van der Waals surface area (Å²) in [7, 11) is 0. The minimum absolute atomic E-state index is 0.0332. The van der Waals surface area contributed by atoms with E-state index in [1.807, 2.05) is 0 Å². The molecular weight excluding hydrogens is 492 g/mol. The van der Waals surface area contributed by atoms with Crippen molar-refractivity contribution < 1.29 is 33.7 Å². The summed E-state index contributed by atoms with van der Waals surface area (Å²) in [6.07, 6.45) is 4.18. The van der Waals surface area contributed by atoms with Crippen molar-refractivity contribution in [3.05, 3.63) is 23.4 Å². The number of aryl methyl sites for hydroxylation is 2. The quantitative estimate of drug-likeness (QED) is 0.315. The number of pyridine rings is 1. The second-order valence-corrected chi connectivity index (χ2v) is 11.1. The van der Waals surface area contributed by atoms with Crippen molar-refractivity contribution >= 4 is 24.0 Å². The molecule has 0 saturated heterocycles. The molecule has 1 aliphatic carbocycles. The maximum atomic E-state index is 12.1. The molecule has 11 heteroatoms.